The van der Waals surface area contributed by atoms with Gasteiger partial charge in [-0.05, 0) is 25.9 Å². The summed E-state index contributed by atoms with van der Waals surface area (Å²) < 4.78 is 0.482. The van der Waals surface area contributed by atoms with Crippen LogP contribution in [0.3, 0.4) is 0 Å². The molecule has 1 aliphatic heterocycles. The summed E-state index contributed by atoms with van der Waals surface area (Å²) in [6.07, 6.45) is 2.44. The maximum absolute atomic E-state index is 5.69. The number of rotatable bonds is 3. The minimum atomic E-state index is 0.482. The van der Waals surface area contributed by atoms with Crippen molar-refractivity contribution in [3.05, 3.63) is 0 Å². The Labute approximate surface area is 91.2 Å². The van der Waals surface area contributed by atoms with Gasteiger partial charge >= 0.3 is 0 Å². The molecular formula is C10H20ClNS. The Kier molecular flexibility index (Phi) is 4.91. The lowest BCUT2D eigenvalue weighted by Crippen LogP contribution is -2.28. The monoisotopic (exact) mass is 221 g/mol. The van der Waals surface area contributed by atoms with E-state index in [9.17, 15) is 0 Å². The van der Waals surface area contributed by atoms with Gasteiger partial charge in [0, 0.05) is 22.9 Å². The van der Waals surface area contributed by atoms with Gasteiger partial charge in [-0.25, -0.2) is 0 Å². The van der Waals surface area contributed by atoms with E-state index in [-0.39, 0.29) is 0 Å². The van der Waals surface area contributed by atoms with Crippen LogP contribution in [0.15, 0.2) is 0 Å². The van der Waals surface area contributed by atoms with Crippen molar-refractivity contribution in [2.24, 2.45) is 0 Å². The Morgan fingerprint density at radius 3 is 2.85 bits per heavy atom. The summed E-state index contributed by atoms with van der Waals surface area (Å²) in [6.45, 7) is 8.37. The first kappa shape index (κ1) is 11.7. The van der Waals surface area contributed by atoms with Gasteiger partial charge in [0.15, 0.2) is 0 Å². The standard InChI is InChI=1S/C10H20ClNS/c1-10(2)4-7-12(6-3-5-11)8-9-13-10/h3-9H2,1-2H3. The molecule has 13 heavy (non-hydrogen) atoms. The van der Waals surface area contributed by atoms with Crippen LogP contribution < -0.4 is 0 Å². The van der Waals surface area contributed by atoms with Crippen molar-refractivity contribution in [2.45, 2.75) is 31.4 Å². The highest BCUT2D eigenvalue weighted by Crippen LogP contribution is 2.30. The summed E-state index contributed by atoms with van der Waals surface area (Å²) in [6, 6.07) is 0. The SMILES string of the molecule is CC1(C)CCN(CCCCl)CCS1. The molecule has 3 heteroatoms. The van der Waals surface area contributed by atoms with Crippen LogP contribution in [-0.2, 0) is 0 Å². The molecule has 0 aromatic rings. The molecule has 1 aliphatic rings. The molecule has 0 spiro atoms. The molecule has 1 nitrogen and oxygen atoms in total. The molecule has 1 rings (SSSR count). The summed E-state index contributed by atoms with van der Waals surface area (Å²) in [7, 11) is 0. The first-order chi connectivity index (χ1) is 6.14. The molecule has 1 saturated heterocycles. The number of nitrogens with zero attached hydrogens (tertiary/aromatic N) is 1. The van der Waals surface area contributed by atoms with Gasteiger partial charge in [-0.15, -0.1) is 11.6 Å². The van der Waals surface area contributed by atoms with Gasteiger partial charge in [0.05, 0.1) is 0 Å². The fourth-order valence-corrected chi connectivity index (χ4v) is 2.83. The molecule has 0 radical (unpaired) electrons. The second-order valence-corrected chi connectivity index (χ2v) is 6.42. The topological polar surface area (TPSA) is 3.24 Å². The number of alkyl halides is 1. The van der Waals surface area contributed by atoms with Crippen molar-refractivity contribution in [2.75, 3.05) is 31.3 Å². The predicted molar refractivity (Wildman–Crippen MR) is 62.9 cm³/mol. The molecule has 0 aromatic carbocycles. The van der Waals surface area contributed by atoms with Crippen LogP contribution in [0.4, 0.5) is 0 Å². The zero-order chi connectivity index (χ0) is 9.73. The van der Waals surface area contributed by atoms with Gasteiger partial charge in [-0.2, -0.15) is 11.8 Å². The van der Waals surface area contributed by atoms with E-state index in [0.717, 1.165) is 12.3 Å². The summed E-state index contributed by atoms with van der Waals surface area (Å²) in [4.78, 5) is 2.55. The predicted octanol–water partition coefficient (Wildman–Crippen LogP) is 2.83. The quantitative estimate of drug-likeness (QED) is 0.675. The van der Waals surface area contributed by atoms with E-state index in [1.807, 2.05) is 0 Å². The zero-order valence-corrected chi connectivity index (χ0v) is 10.3. The second-order valence-electron chi connectivity index (χ2n) is 4.24. The third kappa shape index (κ3) is 4.57. The molecule has 0 N–H and O–H groups in total. The lowest BCUT2D eigenvalue weighted by atomic mass is 10.1. The highest BCUT2D eigenvalue weighted by Gasteiger charge is 2.22. The molecular weight excluding hydrogens is 202 g/mol. The fraction of sp³-hybridized carbons (Fsp3) is 1.00. The summed E-state index contributed by atoms with van der Waals surface area (Å²) in [5.41, 5.74) is 0. The smallest absolute Gasteiger partial charge is 0.0235 e. The van der Waals surface area contributed by atoms with E-state index in [2.05, 4.69) is 30.5 Å². The van der Waals surface area contributed by atoms with E-state index < -0.39 is 0 Å². The summed E-state index contributed by atoms with van der Waals surface area (Å²) in [5, 5.41) is 0. The van der Waals surface area contributed by atoms with Crippen molar-refractivity contribution >= 4 is 23.4 Å². The molecule has 0 bridgehead atoms. The van der Waals surface area contributed by atoms with Crippen LogP contribution in [0.5, 0.6) is 0 Å². The van der Waals surface area contributed by atoms with Gasteiger partial charge in [0.25, 0.3) is 0 Å². The van der Waals surface area contributed by atoms with Crippen molar-refractivity contribution in [3.63, 3.8) is 0 Å². The highest BCUT2D eigenvalue weighted by atomic mass is 35.5. The van der Waals surface area contributed by atoms with Crippen molar-refractivity contribution < 1.29 is 0 Å². The Bertz CT molecular complexity index is 150. The Morgan fingerprint density at radius 2 is 2.15 bits per heavy atom. The van der Waals surface area contributed by atoms with Gasteiger partial charge in [-0.1, -0.05) is 13.8 Å². The number of hydrogen-bond donors (Lipinski definition) is 0. The minimum Gasteiger partial charge on any atom is -0.302 e. The lowest BCUT2D eigenvalue weighted by Gasteiger charge is -2.22. The lowest BCUT2D eigenvalue weighted by molar-refractivity contribution is 0.285. The summed E-state index contributed by atoms with van der Waals surface area (Å²) in [5.74, 6) is 2.07. The van der Waals surface area contributed by atoms with Crippen LogP contribution in [0.25, 0.3) is 0 Å². The third-order valence-corrected chi connectivity index (χ3v) is 4.18. The van der Waals surface area contributed by atoms with Gasteiger partial charge in [0.1, 0.15) is 0 Å². The van der Waals surface area contributed by atoms with Crippen molar-refractivity contribution in [1.82, 2.24) is 4.90 Å². The Morgan fingerprint density at radius 1 is 1.38 bits per heavy atom. The molecule has 1 heterocycles. The second kappa shape index (κ2) is 5.47. The molecule has 0 atom stereocenters. The van der Waals surface area contributed by atoms with Crippen molar-refractivity contribution in [1.29, 1.82) is 0 Å². The maximum atomic E-state index is 5.69. The van der Waals surface area contributed by atoms with E-state index in [1.165, 1.54) is 31.8 Å². The maximum Gasteiger partial charge on any atom is 0.0235 e. The Hall–Kier alpha value is 0.600. The average molecular weight is 222 g/mol. The Balaban J connectivity index is 2.28. The normalized spacial score (nSPS) is 24.2. The first-order valence-corrected chi connectivity index (χ1v) is 6.58. The molecule has 0 saturated carbocycles. The molecule has 78 valence electrons. The van der Waals surface area contributed by atoms with E-state index in [4.69, 9.17) is 11.6 Å². The van der Waals surface area contributed by atoms with E-state index in [1.54, 1.807) is 0 Å². The van der Waals surface area contributed by atoms with Crippen LogP contribution >= 0.6 is 23.4 Å². The van der Waals surface area contributed by atoms with Crippen LogP contribution in [-0.4, -0.2) is 40.9 Å². The molecule has 0 aliphatic carbocycles. The number of thioether (sulfide) groups is 1. The van der Waals surface area contributed by atoms with Crippen LogP contribution in [0, 0.1) is 0 Å². The summed E-state index contributed by atoms with van der Waals surface area (Å²) >= 11 is 7.79. The molecule has 1 fully saturated rings. The van der Waals surface area contributed by atoms with Gasteiger partial charge in [-0.3, -0.25) is 0 Å². The average Bonchev–Trinajstić information content (AvgIpc) is 2.23. The largest absolute Gasteiger partial charge is 0.302 e. The van der Waals surface area contributed by atoms with Gasteiger partial charge in [0.2, 0.25) is 0 Å². The highest BCUT2D eigenvalue weighted by molar-refractivity contribution is 8.00. The number of halogens is 1. The van der Waals surface area contributed by atoms with Crippen molar-refractivity contribution in [3.8, 4) is 0 Å². The third-order valence-electron chi connectivity index (χ3n) is 2.54. The molecule has 0 unspecified atom stereocenters. The number of hydrogen-bond acceptors (Lipinski definition) is 2. The fourth-order valence-electron chi connectivity index (χ4n) is 1.57. The first-order valence-electron chi connectivity index (χ1n) is 5.06. The zero-order valence-electron chi connectivity index (χ0n) is 8.68. The van der Waals surface area contributed by atoms with E-state index in [0.29, 0.717) is 4.75 Å². The van der Waals surface area contributed by atoms with Crippen LogP contribution in [0.1, 0.15) is 26.7 Å². The van der Waals surface area contributed by atoms with Gasteiger partial charge < -0.3 is 4.90 Å². The molecule has 0 aromatic heterocycles. The van der Waals surface area contributed by atoms with E-state index >= 15 is 0 Å². The van der Waals surface area contributed by atoms with Crippen LogP contribution in [0.2, 0.25) is 0 Å². The minimum absolute atomic E-state index is 0.482. The molecule has 0 amide bonds.